The average molecular weight is 298 g/mol. The number of allylic oxidation sites excluding steroid dienone is 1. The van der Waals surface area contributed by atoms with Crippen molar-refractivity contribution < 1.29 is 19.4 Å². The number of aromatic hydroxyl groups is 1. The molecule has 1 N–H and O–H groups in total. The van der Waals surface area contributed by atoms with Crippen LogP contribution in [0, 0.1) is 0 Å². The largest absolute Gasteiger partial charge is 0.507 e. The molecule has 0 aromatic heterocycles. The number of phenols is 1. The summed E-state index contributed by atoms with van der Waals surface area (Å²) in [6, 6.07) is 11.9. The highest BCUT2D eigenvalue weighted by atomic mass is 16.5. The van der Waals surface area contributed by atoms with Crippen molar-refractivity contribution in [1.82, 2.24) is 0 Å². The van der Waals surface area contributed by atoms with Crippen molar-refractivity contribution in [1.29, 1.82) is 0 Å². The van der Waals surface area contributed by atoms with Gasteiger partial charge in [-0.15, -0.1) is 0 Å². The molecule has 0 unspecified atom stereocenters. The van der Waals surface area contributed by atoms with Gasteiger partial charge < -0.3 is 14.6 Å². The smallest absolute Gasteiger partial charge is 0.341 e. The lowest BCUT2D eigenvalue weighted by Gasteiger charge is -2.13. The average Bonchev–Trinajstić information content (AvgIpc) is 2.51. The quantitative estimate of drug-likeness (QED) is 0.831. The van der Waals surface area contributed by atoms with Crippen LogP contribution in [0.4, 0.5) is 0 Å². The van der Waals surface area contributed by atoms with Gasteiger partial charge in [-0.1, -0.05) is 30.4 Å². The molecular formula is C18H18O4. The normalized spacial score (nSPS) is 10.6. The highest BCUT2D eigenvalue weighted by molar-refractivity contribution is 5.92. The maximum Gasteiger partial charge on any atom is 0.341 e. The number of phenolic OH excluding ortho intramolecular Hbond substituents is 1. The van der Waals surface area contributed by atoms with Crippen molar-refractivity contribution >= 4 is 12.0 Å². The molecule has 0 bridgehead atoms. The lowest BCUT2D eigenvalue weighted by molar-refractivity contribution is 0.0523. The molecule has 2 rings (SSSR count). The number of ether oxygens (including phenoxy) is 2. The van der Waals surface area contributed by atoms with Gasteiger partial charge in [0.1, 0.15) is 22.8 Å². The summed E-state index contributed by atoms with van der Waals surface area (Å²) in [7, 11) is 0. The Morgan fingerprint density at radius 2 is 1.86 bits per heavy atom. The van der Waals surface area contributed by atoms with E-state index in [9.17, 15) is 9.90 Å². The molecule has 0 heterocycles. The van der Waals surface area contributed by atoms with E-state index in [0.29, 0.717) is 29.2 Å². The van der Waals surface area contributed by atoms with Gasteiger partial charge in [0.2, 0.25) is 0 Å². The van der Waals surface area contributed by atoms with Crippen LogP contribution in [-0.2, 0) is 4.74 Å². The number of hydrogen-bond donors (Lipinski definition) is 1. The fourth-order valence-electron chi connectivity index (χ4n) is 2.01. The van der Waals surface area contributed by atoms with Gasteiger partial charge in [0.05, 0.1) is 12.2 Å². The van der Waals surface area contributed by atoms with E-state index in [0.717, 1.165) is 0 Å². The highest BCUT2D eigenvalue weighted by Gasteiger charge is 2.15. The van der Waals surface area contributed by atoms with Gasteiger partial charge in [-0.3, -0.25) is 0 Å². The van der Waals surface area contributed by atoms with E-state index < -0.39 is 5.97 Å². The predicted molar refractivity (Wildman–Crippen MR) is 85.3 cm³/mol. The second kappa shape index (κ2) is 7.31. The monoisotopic (exact) mass is 298 g/mol. The Labute approximate surface area is 129 Å². The van der Waals surface area contributed by atoms with Crippen LogP contribution in [-0.4, -0.2) is 17.7 Å². The summed E-state index contributed by atoms with van der Waals surface area (Å²) in [5.41, 5.74) is 0.905. The Hall–Kier alpha value is -2.75. The summed E-state index contributed by atoms with van der Waals surface area (Å²) in [6.45, 7) is 3.90. The fraction of sp³-hybridized carbons (Fsp3) is 0.167. The van der Waals surface area contributed by atoms with Gasteiger partial charge >= 0.3 is 5.97 Å². The Morgan fingerprint density at radius 3 is 2.59 bits per heavy atom. The third-order valence-corrected chi connectivity index (χ3v) is 2.98. The van der Waals surface area contributed by atoms with Gasteiger partial charge in [-0.25, -0.2) is 4.79 Å². The van der Waals surface area contributed by atoms with Crippen LogP contribution in [0.5, 0.6) is 17.2 Å². The van der Waals surface area contributed by atoms with E-state index in [1.54, 1.807) is 61.5 Å². The van der Waals surface area contributed by atoms with Crippen molar-refractivity contribution in [2.45, 2.75) is 13.8 Å². The minimum atomic E-state index is -0.439. The van der Waals surface area contributed by atoms with Crippen LogP contribution in [0.2, 0.25) is 0 Å². The number of hydrogen-bond acceptors (Lipinski definition) is 4. The number of benzene rings is 2. The van der Waals surface area contributed by atoms with Crippen molar-refractivity contribution in [3.63, 3.8) is 0 Å². The molecule has 0 amide bonds. The first kappa shape index (κ1) is 15.6. The van der Waals surface area contributed by atoms with Crippen LogP contribution >= 0.6 is 0 Å². The second-order valence-corrected chi connectivity index (χ2v) is 4.51. The summed E-state index contributed by atoms with van der Waals surface area (Å²) in [5, 5.41) is 9.94. The molecular weight excluding hydrogens is 280 g/mol. The maximum absolute atomic E-state index is 12.0. The van der Waals surface area contributed by atoms with Crippen molar-refractivity contribution in [3.8, 4) is 17.2 Å². The zero-order valence-electron chi connectivity index (χ0n) is 12.6. The molecule has 0 spiro atoms. The first-order valence-electron chi connectivity index (χ1n) is 7.06. The van der Waals surface area contributed by atoms with Crippen molar-refractivity contribution in [3.05, 3.63) is 59.7 Å². The number of para-hydroxylation sites is 1. The summed E-state index contributed by atoms with van der Waals surface area (Å²) in [6.07, 6.45) is 3.55. The lowest BCUT2D eigenvalue weighted by atomic mass is 10.1. The summed E-state index contributed by atoms with van der Waals surface area (Å²) < 4.78 is 10.9. The van der Waals surface area contributed by atoms with E-state index in [2.05, 4.69) is 0 Å². The van der Waals surface area contributed by atoms with E-state index in [4.69, 9.17) is 9.47 Å². The van der Waals surface area contributed by atoms with Gasteiger partial charge in [0.25, 0.3) is 0 Å². The van der Waals surface area contributed by atoms with Crippen LogP contribution in [0.1, 0.15) is 29.8 Å². The van der Waals surface area contributed by atoms with Crippen molar-refractivity contribution in [2.24, 2.45) is 0 Å². The molecule has 2 aromatic rings. The number of carbonyl (C=O) groups is 1. The fourth-order valence-corrected chi connectivity index (χ4v) is 2.01. The van der Waals surface area contributed by atoms with E-state index >= 15 is 0 Å². The second-order valence-electron chi connectivity index (χ2n) is 4.51. The Balaban J connectivity index is 2.40. The number of carbonyl (C=O) groups excluding carboxylic acids is 1. The third-order valence-electron chi connectivity index (χ3n) is 2.98. The molecule has 0 saturated heterocycles. The van der Waals surface area contributed by atoms with Gasteiger partial charge in [-0.05, 0) is 38.1 Å². The van der Waals surface area contributed by atoms with Crippen LogP contribution in [0.15, 0.2) is 48.5 Å². The standard InChI is InChI=1S/C18H18O4/c1-3-8-13-15(19)10-7-12-16(13)22-17-11-6-5-9-14(17)18(20)21-4-2/h3,5-12,19H,4H2,1-2H3. The highest BCUT2D eigenvalue weighted by Crippen LogP contribution is 2.34. The van der Waals surface area contributed by atoms with Crippen LogP contribution < -0.4 is 4.74 Å². The Bertz CT molecular complexity index is 689. The van der Waals surface area contributed by atoms with E-state index in [1.165, 1.54) is 0 Å². The summed E-state index contributed by atoms with van der Waals surface area (Å²) in [4.78, 5) is 12.0. The Morgan fingerprint density at radius 1 is 1.14 bits per heavy atom. The summed E-state index contributed by atoms with van der Waals surface area (Å²) >= 11 is 0. The van der Waals surface area contributed by atoms with Gasteiger partial charge in [0.15, 0.2) is 0 Å². The zero-order valence-corrected chi connectivity index (χ0v) is 12.6. The zero-order chi connectivity index (χ0) is 15.9. The first-order valence-corrected chi connectivity index (χ1v) is 7.06. The van der Waals surface area contributed by atoms with Gasteiger partial charge in [0, 0.05) is 0 Å². The molecule has 2 aromatic carbocycles. The molecule has 0 aliphatic heterocycles. The number of rotatable bonds is 5. The molecule has 0 fully saturated rings. The molecule has 0 radical (unpaired) electrons. The first-order chi connectivity index (χ1) is 10.7. The SMILES string of the molecule is CC=Cc1c(O)cccc1Oc1ccccc1C(=O)OCC. The van der Waals surface area contributed by atoms with Gasteiger partial charge in [-0.2, -0.15) is 0 Å². The van der Waals surface area contributed by atoms with E-state index in [1.807, 2.05) is 6.92 Å². The predicted octanol–water partition coefficient (Wildman–Crippen LogP) is 4.39. The third kappa shape index (κ3) is 3.47. The van der Waals surface area contributed by atoms with Crippen LogP contribution in [0.25, 0.3) is 6.08 Å². The molecule has 4 nitrogen and oxygen atoms in total. The minimum Gasteiger partial charge on any atom is -0.507 e. The topological polar surface area (TPSA) is 55.8 Å². The molecule has 0 aliphatic carbocycles. The molecule has 0 aliphatic rings. The summed E-state index contributed by atoms with van der Waals surface area (Å²) in [5.74, 6) is 0.530. The lowest BCUT2D eigenvalue weighted by Crippen LogP contribution is -2.06. The van der Waals surface area contributed by atoms with Crippen molar-refractivity contribution in [2.75, 3.05) is 6.61 Å². The molecule has 0 saturated carbocycles. The maximum atomic E-state index is 12.0. The number of esters is 1. The molecule has 0 atom stereocenters. The van der Waals surface area contributed by atoms with E-state index in [-0.39, 0.29) is 5.75 Å². The molecule has 4 heteroatoms. The molecule has 114 valence electrons. The van der Waals surface area contributed by atoms with Crippen LogP contribution in [0.3, 0.4) is 0 Å². The molecule has 22 heavy (non-hydrogen) atoms. The Kier molecular flexibility index (Phi) is 5.20. The minimum absolute atomic E-state index is 0.115.